The molecule has 0 radical (unpaired) electrons. The van der Waals surface area contributed by atoms with Crippen LogP contribution in [0.2, 0.25) is 10.0 Å². The third kappa shape index (κ3) is 9.11. The van der Waals surface area contributed by atoms with Crippen LogP contribution in [0.25, 0.3) is 0 Å². The summed E-state index contributed by atoms with van der Waals surface area (Å²) in [4.78, 5) is 28.5. The summed E-state index contributed by atoms with van der Waals surface area (Å²) in [5, 5.41) is 3.61. The van der Waals surface area contributed by atoms with Gasteiger partial charge in [0, 0.05) is 12.6 Å². The Balaban J connectivity index is 1.91. The van der Waals surface area contributed by atoms with E-state index >= 15 is 0 Å². The largest absolute Gasteiger partial charge is 0.457 e. The summed E-state index contributed by atoms with van der Waals surface area (Å²) in [5.41, 5.74) is 0.934. The molecule has 41 heavy (non-hydrogen) atoms. The van der Waals surface area contributed by atoms with E-state index in [-0.39, 0.29) is 24.2 Å². The minimum absolute atomic E-state index is 0.0314. The van der Waals surface area contributed by atoms with Crippen molar-refractivity contribution in [3.63, 3.8) is 0 Å². The fourth-order valence-corrected chi connectivity index (χ4v) is 5.28. The average Bonchev–Trinajstić information content (AvgIpc) is 2.93. The van der Waals surface area contributed by atoms with Crippen LogP contribution in [-0.4, -0.2) is 50.0 Å². The number of ether oxygens (including phenoxy) is 1. The van der Waals surface area contributed by atoms with Crippen LogP contribution in [0.5, 0.6) is 11.5 Å². The van der Waals surface area contributed by atoms with Crippen molar-refractivity contribution in [3.8, 4) is 11.5 Å². The summed E-state index contributed by atoms with van der Waals surface area (Å²) in [5.74, 6) is 0.282. The lowest BCUT2D eigenvalue weighted by Crippen LogP contribution is -2.53. The second-order valence-electron chi connectivity index (χ2n) is 9.69. The number of nitrogens with one attached hydrogen (secondary N) is 1. The van der Waals surface area contributed by atoms with Gasteiger partial charge in [-0.3, -0.25) is 13.9 Å². The number of carbonyl (C=O) groups excluding carboxylic acids is 2. The van der Waals surface area contributed by atoms with Gasteiger partial charge in [-0.25, -0.2) is 8.42 Å². The zero-order valence-corrected chi connectivity index (χ0v) is 25.8. The molecular weight excluding hydrogens is 585 g/mol. The van der Waals surface area contributed by atoms with Crippen molar-refractivity contribution in [2.24, 2.45) is 0 Å². The smallest absolute Gasteiger partial charge is 0.244 e. The van der Waals surface area contributed by atoms with Crippen LogP contribution >= 0.6 is 23.2 Å². The highest BCUT2D eigenvalue weighted by atomic mass is 35.5. The molecule has 3 aromatic carbocycles. The number of sulfonamides is 1. The SMILES string of the molecule is CC[C@@H](C)NC(=O)[C@H](CC)N(Cc1ccc(Cl)c(Cl)c1)C(=O)CN(c1ccc(Oc2ccccc2)cc1)S(C)(=O)=O. The zero-order chi connectivity index (χ0) is 30.2. The van der Waals surface area contributed by atoms with Gasteiger partial charge < -0.3 is 15.0 Å². The topological polar surface area (TPSA) is 96.0 Å². The van der Waals surface area contributed by atoms with Crippen molar-refractivity contribution in [2.45, 2.75) is 52.2 Å². The molecule has 0 saturated carbocycles. The molecule has 0 aliphatic heterocycles. The number of halogens is 2. The van der Waals surface area contributed by atoms with Crippen LogP contribution in [0.3, 0.4) is 0 Å². The standard InChI is InChI=1S/C30H35Cl2N3O5S/c1-5-21(3)33-30(37)28(6-2)34(19-22-12-17-26(31)27(32)18-22)29(36)20-35(41(4,38)39)23-13-15-25(16-14-23)40-24-10-8-7-9-11-24/h7-18,21,28H,5-6,19-20H2,1-4H3,(H,33,37)/t21-,28+/m1/s1. The highest BCUT2D eigenvalue weighted by Gasteiger charge is 2.32. The highest BCUT2D eigenvalue weighted by Crippen LogP contribution is 2.27. The minimum Gasteiger partial charge on any atom is -0.457 e. The Hall–Kier alpha value is -3.27. The lowest BCUT2D eigenvalue weighted by Gasteiger charge is -2.33. The Morgan fingerprint density at radius 2 is 1.54 bits per heavy atom. The first kappa shape index (κ1) is 32.2. The Kier molecular flexibility index (Phi) is 11.5. The summed E-state index contributed by atoms with van der Waals surface area (Å²) in [6.07, 6.45) is 2.07. The molecule has 1 N–H and O–H groups in total. The van der Waals surface area contributed by atoms with E-state index in [1.165, 1.54) is 4.90 Å². The summed E-state index contributed by atoms with van der Waals surface area (Å²) in [6.45, 7) is 5.16. The Morgan fingerprint density at radius 3 is 2.10 bits per heavy atom. The van der Waals surface area contributed by atoms with Gasteiger partial charge in [-0.2, -0.15) is 0 Å². The van der Waals surface area contributed by atoms with Gasteiger partial charge in [0.2, 0.25) is 21.8 Å². The van der Waals surface area contributed by atoms with Gasteiger partial charge in [0.25, 0.3) is 0 Å². The molecule has 0 heterocycles. The Labute approximate surface area is 252 Å². The van der Waals surface area contributed by atoms with Gasteiger partial charge in [-0.1, -0.05) is 61.3 Å². The summed E-state index contributed by atoms with van der Waals surface area (Å²) < 4.78 is 32.6. The van der Waals surface area contributed by atoms with E-state index in [1.807, 2.05) is 32.0 Å². The number of rotatable bonds is 13. The Morgan fingerprint density at radius 1 is 0.902 bits per heavy atom. The van der Waals surface area contributed by atoms with Gasteiger partial charge >= 0.3 is 0 Å². The van der Waals surface area contributed by atoms with Gasteiger partial charge in [0.1, 0.15) is 24.1 Å². The number of anilines is 1. The van der Waals surface area contributed by atoms with Crippen LogP contribution in [0.15, 0.2) is 72.8 Å². The molecule has 0 fully saturated rings. The number of amides is 2. The van der Waals surface area contributed by atoms with Crippen LogP contribution in [0.4, 0.5) is 5.69 Å². The summed E-state index contributed by atoms with van der Waals surface area (Å²) >= 11 is 12.3. The van der Waals surface area contributed by atoms with Crippen LogP contribution < -0.4 is 14.4 Å². The maximum Gasteiger partial charge on any atom is 0.244 e. The summed E-state index contributed by atoms with van der Waals surface area (Å²) in [6, 6.07) is 19.6. The van der Waals surface area contributed by atoms with Crippen LogP contribution in [-0.2, 0) is 26.2 Å². The normalized spacial score (nSPS) is 12.7. The van der Waals surface area contributed by atoms with E-state index in [0.29, 0.717) is 33.5 Å². The average molecular weight is 621 g/mol. The first-order chi connectivity index (χ1) is 19.4. The second-order valence-corrected chi connectivity index (χ2v) is 12.4. The molecule has 0 aromatic heterocycles. The lowest BCUT2D eigenvalue weighted by atomic mass is 10.1. The van der Waals surface area contributed by atoms with E-state index in [9.17, 15) is 18.0 Å². The van der Waals surface area contributed by atoms with Gasteiger partial charge in [0.05, 0.1) is 22.0 Å². The molecule has 220 valence electrons. The number of carbonyl (C=O) groups is 2. The number of hydrogen-bond acceptors (Lipinski definition) is 5. The van der Waals surface area contributed by atoms with Crippen molar-refractivity contribution in [1.29, 1.82) is 0 Å². The van der Waals surface area contributed by atoms with Crippen molar-refractivity contribution in [1.82, 2.24) is 10.2 Å². The molecule has 3 aromatic rings. The number of hydrogen-bond donors (Lipinski definition) is 1. The quantitative estimate of drug-likeness (QED) is 0.243. The van der Waals surface area contributed by atoms with Crippen molar-refractivity contribution >= 4 is 50.7 Å². The highest BCUT2D eigenvalue weighted by molar-refractivity contribution is 7.92. The molecule has 0 bridgehead atoms. The molecule has 2 amide bonds. The fourth-order valence-electron chi connectivity index (χ4n) is 4.11. The van der Waals surface area contributed by atoms with E-state index in [4.69, 9.17) is 27.9 Å². The first-order valence-electron chi connectivity index (χ1n) is 13.3. The molecular formula is C30H35Cl2N3O5S. The second kappa shape index (κ2) is 14.6. The third-order valence-corrected chi connectivity index (χ3v) is 8.39. The third-order valence-electron chi connectivity index (χ3n) is 6.51. The zero-order valence-electron chi connectivity index (χ0n) is 23.5. The van der Waals surface area contributed by atoms with Gasteiger partial charge in [-0.05, 0) is 73.9 Å². The molecule has 0 aliphatic carbocycles. The van der Waals surface area contributed by atoms with Crippen molar-refractivity contribution < 1.29 is 22.7 Å². The molecule has 0 unspecified atom stereocenters. The Bertz CT molecular complexity index is 1440. The monoisotopic (exact) mass is 619 g/mol. The number of nitrogens with zero attached hydrogens (tertiary/aromatic N) is 2. The molecule has 0 saturated heterocycles. The van der Waals surface area contributed by atoms with Gasteiger partial charge in [0.15, 0.2) is 0 Å². The van der Waals surface area contributed by atoms with Crippen molar-refractivity contribution in [3.05, 3.63) is 88.4 Å². The maximum atomic E-state index is 13.9. The molecule has 3 rings (SSSR count). The molecule has 8 nitrogen and oxygen atoms in total. The van der Waals surface area contributed by atoms with E-state index < -0.39 is 28.5 Å². The fraction of sp³-hybridized carbons (Fsp3) is 0.333. The van der Waals surface area contributed by atoms with E-state index in [1.54, 1.807) is 61.5 Å². The number of para-hydroxylation sites is 1. The van der Waals surface area contributed by atoms with E-state index in [2.05, 4.69) is 5.32 Å². The van der Waals surface area contributed by atoms with E-state index in [0.717, 1.165) is 17.0 Å². The predicted molar refractivity (Wildman–Crippen MR) is 164 cm³/mol. The number of benzene rings is 3. The minimum atomic E-state index is -3.87. The molecule has 2 atom stereocenters. The van der Waals surface area contributed by atoms with Crippen molar-refractivity contribution in [2.75, 3.05) is 17.1 Å². The van der Waals surface area contributed by atoms with Crippen LogP contribution in [0, 0.1) is 0 Å². The lowest BCUT2D eigenvalue weighted by molar-refractivity contribution is -0.140. The predicted octanol–water partition coefficient (Wildman–Crippen LogP) is 6.27. The maximum absolute atomic E-state index is 13.9. The molecule has 0 spiro atoms. The summed E-state index contributed by atoms with van der Waals surface area (Å²) in [7, 11) is -3.87. The van der Waals surface area contributed by atoms with Gasteiger partial charge in [-0.15, -0.1) is 0 Å². The molecule has 11 heteroatoms. The van der Waals surface area contributed by atoms with Crippen LogP contribution in [0.1, 0.15) is 39.2 Å². The first-order valence-corrected chi connectivity index (χ1v) is 15.9. The molecule has 0 aliphatic rings.